The van der Waals surface area contributed by atoms with Crippen LogP contribution in [0, 0.1) is 0 Å². The van der Waals surface area contributed by atoms with Crippen molar-refractivity contribution in [1.82, 2.24) is 0 Å². The van der Waals surface area contributed by atoms with Gasteiger partial charge in [-0.25, -0.2) is 0 Å². The van der Waals surface area contributed by atoms with Crippen LogP contribution in [0.1, 0.15) is 13.3 Å². The van der Waals surface area contributed by atoms with Crippen LogP contribution >= 0.6 is 0 Å². The third kappa shape index (κ3) is 5.49. The molecular weight excluding hydrogens is 234 g/mol. The molecule has 5 heteroatoms. The van der Waals surface area contributed by atoms with Crippen LogP contribution < -0.4 is 11.1 Å². The molecule has 3 N–H and O–H groups in total. The molecule has 4 nitrogen and oxygen atoms in total. The Kier molecular flexibility index (Phi) is 5.69. The number of guanidine groups is 1. The largest absolute Gasteiger partial charge is 0.370 e. The van der Waals surface area contributed by atoms with Gasteiger partial charge in [0.05, 0.1) is 0 Å². The average Bonchev–Trinajstić information content (AvgIpc) is 2.30. The van der Waals surface area contributed by atoms with Gasteiger partial charge in [-0.3, -0.25) is 9.20 Å². The van der Waals surface area contributed by atoms with Crippen molar-refractivity contribution in [1.29, 1.82) is 0 Å². The summed E-state index contributed by atoms with van der Waals surface area (Å²) in [5, 5.41) is 3.15. The molecule has 0 saturated carbocycles. The summed E-state index contributed by atoms with van der Waals surface area (Å²) in [5.41, 5.74) is 6.65. The van der Waals surface area contributed by atoms with Crippen molar-refractivity contribution >= 4 is 22.4 Å². The smallest absolute Gasteiger partial charge is 0.193 e. The Hall–Kier alpha value is -1.36. The molecule has 1 rings (SSSR count). The minimum absolute atomic E-state index is 0.156. The second kappa shape index (κ2) is 7.06. The highest BCUT2D eigenvalue weighted by molar-refractivity contribution is 7.84. The van der Waals surface area contributed by atoms with Gasteiger partial charge in [0, 0.05) is 34.5 Å². The molecule has 0 saturated heterocycles. The molecule has 0 heterocycles. The van der Waals surface area contributed by atoms with Crippen molar-refractivity contribution in [2.24, 2.45) is 10.7 Å². The number of benzene rings is 1. The topological polar surface area (TPSA) is 67.5 Å². The van der Waals surface area contributed by atoms with Crippen molar-refractivity contribution in [3.05, 3.63) is 30.3 Å². The standard InChI is InChI=1S/C12H19N3OS/c1-10(17(2)16)8-9-14-12(13)15-11-6-4-3-5-7-11/h3-7,10H,8-9H2,1-2H3,(H3,13,14,15). The van der Waals surface area contributed by atoms with Crippen LogP contribution in [-0.2, 0) is 10.8 Å². The maximum Gasteiger partial charge on any atom is 0.193 e. The summed E-state index contributed by atoms with van der Waals surface area (Å²) < 4.78 is 11.1. The summed E-state index contributed by atoms with van der Waals surface area (Å²) in [4.78, 5) is 4.19. The van der Waals surface area contributed by atoms with Crippen LogP contribution in [0.25, 0.3) is 0 Å². The Bertz CT molecular complexity index is 392. The molecule has 94 valence electrons. The van der Waals surface area contributed by atoms with E-state index in [0.29, 0.717) is 12.5 Å². The van der Waals surface area contributed by atoms with Gasteiger partial charge in [-0.2, -0.15) is 0 Å². The molecule has 0 aromatic heterocycles. The molecule has 0 aliphatic rings. The molecule has 0 radical (unpaired) electrons. The molecule has 0 aliphatic carbocycles. The maximum absolute atomic E-state index is 11.1. The lowest BCUT2D eigenvalue weighted by Crippen LogP contribution is -2.23. The molecule has 2 atom stereocenters. The molecule has 0 spiro atoms. The van der Waals surface area contributed by atoms with E-state index in [-0.39, 0.29) is 5.25 Å². The van der Waals surface area contributed by atoms with E-state index in [1.807, 2.05) is 37.3 Å². The highest BCUT2D eigenvalue weighted by Gasteiger charge is 2.04. The van der Waals surface area contributed by atoms with Crippen molar-refractivity contribution in [2.75, 3.05) is 18.1 Å². The average molecular weight is 253 g/mol. The Morgan fingerprint density at radius 2 is 2.12 bits per heavy atom. The van der Waals surface area contributed by atoms with E-state index >= 15 is 0 Å². The zero-order valence-corrected chi connectivity index (χ0v) is 11.0. The molecule has 1 aromatic carbocycles. The van der Waals surface area contributed by atoms with Gasteiger partial charge < -0.3 is 11.1 Å². The first-order valence-electron chi connectivity index (χ1n) is 5.54. The molecular formula is C12H19N3OS. The molecule has 0 bridgehead atoms. The number of nitrogens with one attached hydrogen (secondary N) is 1. The van der Waals surface area contributed by atoms with Gasteiger partial charge in [0.15, 0.2) is 5.96 Å². The van der Waals surface area contributed by atoms with E-state index in [2.05, 4.69) is 10.3 Å². The Morgan fingerprint density at radius 1 is 1.47 bits per heavy atom. The summed E-state index contributed by atoms with van der Waals surface area (Å²) in [6.45, 7) is 2.54. The van der Waals surface area contributed by atoms with E-state index in [4.69, 9.17) is 5.73 Å². The van der Waals surface area contributed by atoms with Gasteiger partial charge in [-0.05, 0) is 18.6 Å². The molecule has 0 aliphatic heterocycles. The van der Waals surface area contributed by atoms with Gasteiger partial charge in [0.25, 0.3) is 0 Å². The van der Waals surface area contributed by atoms with Gasteiger partial charge in [-0.1, -0.05) is 25.1 Å². The SMILES string of the molecule is CC(CCN=C(N)Nc1ccccc1)S(C)=O. The van der Waals surface area contributed by atoms with Crippen molar-refractivity contribution < 1.29 is 4.21 Å². The third-order valence-electron chi connectivity index (χ3n) is 2.43. The van der Waals surface area contributed by atoms with Crippen LogP contribution in [0.4, 0.5) is 5.69 Å². The summed E-state index contributed by atoms with van der Waals surface area (Å²) in [7, 11) is -0.793. The number of hydrogen-bond donors (Lipinski definition) is 2. The monoisotopic (exact) mass is 253 g/mol. The highest BCUT2D eigenvalue weighted by Crippen LogP contribution is 2.04. The quantitative estimate of drug-likeness (QED) is 0.618. The molecule has 2 unspecified atom stereocenters. The minimum Gasteiger partial charge on any atom is -0.370 e. The predicted molar refractivity (Wildman–Crippen MR) is 74.7 cm³/mol. The maximum atomic E-state index is 11.1. The van der Waals surface area contributed by atoms with E-state index in [0.717, 1.165) is 12.1 Å². The lowest BCUT2D eigenvalue weighted by atomic mass is 10.3. The number of aliphatic imine (C=N–C) groups is 1. The first-order valence-corrected chi connectivity index (χ1v) is 7.16. The number of anilines is 1. The van der Waals surface area contributed by atoms with Crippen molar-refractivity contribution in [2.45, 2.75) is 18.6 Å². The summed E-state index contributed by atoms with van der Waals surface area (Å²) in [6, 6.07) is 9.64. The number of rotatable bonds is 5. The van der Waals surface area contributed by atoms with Gasteiger partial charge in [0.1, 0.15) is 0 Å². The third-order valence-corrected chi connectivity index (χ3v) is 3.80. The molecule has 0 amide bonds. The number of hydrogen-bond acceptors (Lipinski definition) is 2. The van der Waals surface area contributed by atoms with Crippen molar-refractivity contribution in [3.8, 4) is 0 Å². The number of nitrogens with two attached hydrogens (primary N) is 1. The van der Waals surface area contributed by atoms with Gasteiger partial charge in [0.2, 0.25) is 0 Å². The molecule has 17 heavy (non-hydrogen) atoms. The fraction of sp³-hybridized carbons (Fsp3) is 0.417. The van der Waals surface area contributed by atoms with Crippen LogP contribution in [0.2, 0.25) is 0 Å². The summed E-state index contributed by atoms with van der Waals surface area (Å²) in [6.07, 6.45) is 2.49. The Morgan fingerprint density at radius 3 is 2.71 bits per heavy atom. The predicted octanol–water partition coefficient (Wildman–Crippen LogP) is 1.57. The van der Waals surface area contributed by atoms with Crippen LogP contribution in [-0.4, -0.2) is 28.2 Å². The van der Waals surface area contributed by atoms with Crippen LogP contribution in [0.15, 0.2) is 35.3 Å². The van der Waals surface area contributed by atoms with Crippen LogP contribution in [0.3, 0.4) is 0 Å². The van der Waals surface area contributed by atoms with Crippen LogP contribution in [0.5, 0.6) is 0 Å². The van der Waals surface area contributed by atoms with E-state index in [1.165, 1.54) is 0 Å². The minimum atomic E-state index is -0.793. The zero-order valence-electron chi connectivity index (χ0n) is 10.2. The zero-order chi connectivity index (χ0) is 12.7. The van der Waals surface area contributed by atoms with E-state index in [9.17, 15) is 4.21 Å². The van der Waals surface area contributed by atoms with Gasteiger partial charge in [-0.15, -0.1) is 0 Å². The molecule has 1 aromatic rings. The number of nitrogens with zero attached hydrogens (tertiary/aromatic N) is 1. The van der Waals surface area contributed by atoms with Gasteiger partial charge >= 0.3 is 0 Å². The Labute approximate surface area is 105 Å². The Balaban J connectivity index is 2.38. The summed E-state index contributed by atoms with van der Waals surface area (Å²) in [5.74, 6) is 0.394. The summed E-state index contributed by atoms with van der Waals surface area (Å²) >= 11 is 0. The number of para-hydroxylation sites is 1. The lowest BCUT2D eigenvalue weighted by Gasteiger charge is -2.07. The van der Waals surface area contributed by atoms with Crippen molar-refractivity contribution in [3.63, 3.8) is 0 Å². The lowest BCUT2D eigenvalue weighted by molar-refractivity contribution is 0.670. The second-order valence-corrected chi connectivity index (χ2v) is 5.66. The van der Waals surface area contributed by atoms with E-state index in [1.54, 1.807) is 6.26 Å². The second-order valence-electron chi connectivity index (χ2n) is 3.86. The fourth-order valence-corrected chi connectivity index (χ4v) is 1.68. The van der Waals surface area contributed by atoms with E-state index < -0.39 is 10.8 Å². The first-order chi connectivity index (χ1) is 8.09. The first kappa shape index (κ1) is 13.7. The normalized spacial score (nSPS) is 15.3. The highest BCUT2D eigenvalue weighted by atomic mass is 32.2. The fourth-order valence-electron chi connectivity index (χ4n) is 1.24. The molecule has 0 fully saturated rings.